The van der Waals surface area contributed by atoms with Crippen LogP contribution < -0.4 is 0 Å². The molecule has 1 fully saturated rings. The highest BCUT2D eigenvalue weighted by molar-refractivity contribution is 9.10. The molecule has 1 saturated carbocycles. The molecule has 0 amide bonds. The van der Waals surface area contributed by atoms with Gasteiger partial charge in [-0.2, -0.15) is 0 Å². The van der Waals surface area contributed by atoms with Crippen LogP contribution in [-0.4, -0.2) is 11.2 Å². The topological polar surface area (TPSA) is 20.2 Å². The van der Waals surface area contributed by atoms with Gasteiger partial charge in [-0.05, 0) is 30.5 Å². The van der Waals surface area contributed by atoms with Gasteiger partial charge in [0.2, 0.25) is 0 Å². The first-order valence-corrected chi connectivity index (χ1v) is 6.00. The van der Waals surface area contributed by atoms with Gasteiger partial charge in [0.1, 0.15) is 0 Å². The molecule has 0 radical (unpaired) electrons. The maximum Gasteiger partial charge on any atom is 0.0608 e. The Hall–Kier alpha value is -0.340. The van der Waals surface area contributed by atoms with Gasteiger partial charge in [-0.3, -0.25) is 0 Å². The van der Waals surface area contributed by atoms with E-state index in [2.05, 4.69) is 28.1 Å². The van der Waals surface area contributed by atoms with Crippen LogP contribution in [0.3, 0.4) is 0 Å². The number of aliphatic hydroxyl groups excluding tert-OH is 1. The van der Waals surface area contributed by atoms with E-state index >= 15 is 0 Å². The molecule has 2 atom stereocenters. The second-order valence-electron chi connectivity index (χ2n) is 4.01. The predicted octanol–water partition coefficient (Wildman–Crippen LogP) is 3.47. The van der Waals surface area contributed by atoms with Crippen molar-refractivity contribution in [1.82, 2.24) is 0 Å². The Kier molecular flexibility index (Phi) is 3.24. The molecule has 1 aromatic carbocycles. The molecular formula is C12H15BrO. The molecule has 0 heterocycles. The van der Waals surface area contributed by atoms with Gasteiger partial charge in [-0.25, -0.2) is 0 Å². The first kappa shape index (κ1) is 10.2. The molecule has 1 aliphatic carbocycles. The Morgan fingerprint density at radius 3 is 2.71 bits per heavy atom. The smallest absolute Gasteiger partial charge is 0.0608 e. The summed E-state index contributed by atoms with van der Waals surface area (Å²) in [5.74, 6) is 0.348. The lowest BCUT2D eigenvalue weighted by Crippen LogP contribution is -2.22. The van der Waals surface area contributed by atoms with Crippen LogP contribution in [-0.2, 0) is 0 Å². The maximum absolute atomic E-state index is 9.90. The van der Waals surface area contributed by atoms with Gasteiger partial charge in [0, 0.05) is 10.4 Å². The first-order chi connectivity index (χ1) is 6.77. The maximum atomic E-state index is 9.90. The highest BCUT2D eigenvalue weighted by Crippen LogP contribution is 2.33. The van der Waals surface area contributed by atoms with Crippen LogP contribution in [0, 0.1) is 0 Å². The Balaban J connectivity index is 2.20. The minimum atomic E-state index is -0.141. The fourth-order valence-corrected chi connectivity index (χ4v) is 2.65. The monoisotopic (exact) mass is 254 g/mol. The zero-order chi connectivity index (χ0) is 9.97. The Morgan fingerprint density at radius 2 is 2.00 bits per heavy atom. The molecule has 2 rings (SSSR count). The number of rotatable bonds is 1. The summed E-state index contributed by atoms with van der Waals surface area (Å²) in [6, 6.07) is 8.31. The standard InChI is InChI=1S/C12H15BrO/c13-10-5-3-4-9(8-10)11-6-1-2-7-12(11)14/h3-5,8,11-12,14H,1-2,6-7H2. The zero-order valence-electron chi connectivity index (χ0n) is 8.12. The molecule has 14 heavy (non-hydrogen) atoms. The van der Waals surface area contributed by atoms with E-state index in [4.69, 9.17) is 0 Å². The number of hydrogen-bond donors (Lipinski definition) is 1. The van der Waals surface area contributed by atoms with Crippen LogP contribution in [0.1, 0.15) is 37.2 Å². The van der Waals surface area contributed by atoms with E-state index in [-0.39, 0.29) is 6.10 Å². The van der Waals surface area contributed by atoms with Gasteiger partial charge in [0.05, 0.1) is 6.10 Å². The summed E-state index contributed by atoms with van der Waals surface area (Å²) in [6.07, 6.45) is 4.35. The Bertz CT molecular complexity index is 311. The number of benzene rings is 1. The van der Waals surface area contributed by atoms with Crippen LogP contribution >= 0.6 is 15.9 Å². The van der Waals surface area contributed by atoms with Crippen molar-refractivity contribution in [3.8, 4) is 0 Å². The lowest BCUT2D eigenvalue weighted by Gasteiger charge is -2.27. The molecule has 0 bridgehead atoms. The fraction of sp³-hybridized carbons (Fsp3) is 0.500. The summed E-state index contributed by atoms with van der Waals surface area (Å²) in [4.78, 5) is 0. The van der Waals surface area contributed by atoms with E-state index in [1.54, 1.807) is 0 Å². The van der Waals surface area contributed by atoms with E-state index < -0.39 is 0 Å². The lowest BCUT2D eigenvalue weighted by atomic mass is 9.82. The highest BCUT2D eigenvalue weighted by atomic mass is 79.9. The van der Waals surface area contributed by atoms with Gasteiger partial charge in [0.25, 0.3) is 0 Å². The van der Waals surface area contributed by atoms with Crippen molar-refractivity contribution in [3.05, 3.63) is 34.3 Å². The molecule has 1 aromatic rings. The summed E-state index contributed by atoms with van der Waals surface area (Å²) in [6.45, 7) is 0. The van der Waals surface area contributed by atoms with Gasteiger partial charge in [0.15, 0.2) is 0 Å². The molecule has 1 N–H and O–H groups in total. The van der Waals surface area contributed by atoms with Crippen LogP contribution in [0.5, 0.6) is 0 Å². The van der Waals surface area contributed by atoms with Gasteiger partial charge in [-0.15, -0.1) is 0 Å². The molecule has 2 unspecified atom stereocenters. The lowest BCUT2D eigenvalue weighted by molar-refractivity contribution is 0.106. The Labute approximate surface area is 93.3 Å². The summed E-state index contributed by atoms with van der Waals surface area (Å²) in [5, 5.41) is 9.90. The molecule has 0 aromatic heterocycles. The number of halogens is 1. The molecule has 1 aliphatic rings. The minimum Gasteiger partial charge on any atom is -0.392 e. The Morgan fingerprint density at radius 1 is 1.21 bits per heavy atom. The largest absolute Gasteiger partial charge is 0.392 e. The van der Waals surface area contributed by atoms with E-state index in [1.807, 2.05) is 12.1 Å². The minimum absolute atomic E-state index is 0.141. The predicted molar refractivity (Wildman–Crippen MR) is 61.4 cm³/mol. The van der Waals surface area contributed by atoms with Crippen molar-refractivity contribution in [3.63, 3.8) is 0 Å². The normalized spacial score (nSPS) is 27.6. The average Bonchev–Trinajstić information content (AvgIpc) is 2.18. The average molecular weight is 255 g/mol. The summed E-state index contributed by atoms with van der Waals surface area (Å²) < 4.78 is 1.10. The van der Waals surface area contributed by atoms with E-state index in [1.165, 1.54) is 18.4 Å². The van der Waals surface area contributed by atoms with Crippen LogP contribution in [0.2, 0.25) is 0 Å². The quantitative estimate of drug-likeness (QED) is 0.814. The number of hydrogen-bond acceptors (Lipinski definition) is 1. The molecule has 2 heteroatoms. The third kappa shape index (κ3) is 2.18. The zero-order valence-corrected chi connectivity index (χ0v) is 9.70. The fourth-order valence-electron chi connectivity index (χ4n) is 2.24. The van der Waals surface area contributed by atoms with Crippen LogP contribution in [0.15, 0.2) is 28.7 Å². The SMILES string of the molecule is OC1CCCCC1c1cccc(Br)c1. The van der Waals surface area contributed by atoms with Crippen molar-refractivity contribution >= 4 is 15.9 Å². The van der Waals surface area contributed by atoms with Gasteiger partial charge >= 0.3 is 0 Å². The first-order valence-electron chi connectivity index (χ1n) is 5.21. The van der Waals surface area contributed by atoms with Crippen molar-refractivity contribution in [2.75, 3.05) is 0 Å². The van der Waals surface area contributed by atoms with E-state index in [0.717, 1.165) is 17.3 Å². The van der Waals surface area contributed by atoms with Crippen molar-refractivity contribution < 1.29 is 5.11 Å². The third-order valence-electron chi connectivity index (χ3n) is 3.01. The second kappa shape index (κ2) is 4.45. The van der Waals surface area contributed by atoms with Crippen LogP contribution in [0.4, 0.5) is 0 Å². The van der Waals surface area contributed by atoms with Crippen molar-refractivity contribution in [1.29, 1.82) is 0 Å². The molecule has 0 spiro atoms. The summed E-state index contributed by atoms with van der Waals surface area (Å²) in [5.41, 5.74) is 1.27. The third-order valence-corrected chi connectivity index (χ3v) is 3.50. The summed E-state index contributed by atoms with van der Waals surface area (Å²) in [7, 11) is 0. The van der Waals surface area contributed by atoms with E-state index in [9.17, 15) is 5.11 Å². The molecule has 1 nitrogen and oxygen atoms in total. The number of aliphatic hydroxyl groups is 1. The highest BCUT2D eigenvalue weighted by Gasteiger charge is 2.24. The molecule has 0 aliphatic heterocycles. The van der Waals surface area contributed by atoms with E-state index in [0.29, 0.717) is 5.92 Å². The molecule has 0 saturated heterocycles. The van der Waals surface area contributed by atoms with Crippen LogP contribution in [0.25, 0.3) is 0 Å². The van der Waals surface area contributed by atoms with Crippen molar-refractivity contribution in [2.24, 2.45) is 0 Å². The van der Waals surface area contributed by atoms with Crippen molar-refractivity contribution in [2.45, 2.75) is 37.7 Å². The summed E-state index contributed by atoms with van der Waals surface area (Å²) >= 11 is 3.47. The molecular weight excluding hydrogens is 240 g/mol. The molecule has 76 valence electrons. The van der Waals surface area contributed by atoms with Gasteiger partial charge < -0.3 is 5.11 Å². The van der Waals surface area contributed by atoms with Gasteiger partial charge in [-0.1, -0.05) is 40.9 Å². The second-order valence-corrected chi connectivity index (χ2v) is 4.93.